The largest absolute Gasteiger partial charge is 0.610 e. The lowest BCUT2D eigenvalue weighted by Crippen LogP contribution is -2.32. The molecule has 1 atom stereocenters. The molecule has 4 rings (SSSR count). The zero-order valence-electron chi connectivity index (χ0n) is 14.9. The van der Waals surface area contributed by atoms with Gasteiger partial charge in [-0.25, -0.2) is 0 Å². The Morgan fingerprint density at radius 3 is 2.74 bits per heavy atom. The highest BCUT2D eigenvalue weighted by atomic mass is 32.3. The average Bonchev–Trinajstić information content (AvgIpc) is 3.30. The van der Waals surface area contributed by atoms with Crippen LogP contribution in [-0.2, 0) is 14.4 Å². The molecule has 1 aliphatic rings. The van der Waals surface area contributed by atoms with E-state index < -0.39 is 10.2 Å². The molecule has 0 bridgehead atoms. The van der Waals surface area contributed by atoms with Crippen molar-refractivity contribution in [3.63, 3.8) is 0 Å². The molecule has 1 aromatic carbocycles. The van der Waals surface area contributed by atoms with E-state index in [-0.39, 0.29) is 16.8 Å². The fraction of sp³-hybridized carbons (Fsp3) is 0.316. The van der Waals surface area contributed by atoms with E-state index in [0.29, 0.717) is 22.6 Å². The van der Waals surface area contributed by atoms with Crippen molar-refractivity contribution in [2.45, 2.75) is 36.6 Å². The maximum Gasteiger partial charge on any atom is 0.252 e. The van der Waals surface area contributed by atoms with E-state index in [1.807, 2.05) is 0 Å². The molecule has 1 aliphatic carbocycles. The van der Waals surface area contributed by atoms with Crippen LogP contribution in [0, 0.1) is 0 Å². The minimum Gasteiger partial charge on any atom is -0.610 e. The summed E-state index contributed by atoms with van der Waals surface area (Å²) in [6.45, 7) is 0. The Bertz CT molecular complexity index is 1050. The first-order valence-electron chi connectivity index (χ1n) is 8.88. The van der Waals surface area contributed by atoms with Gasteiger partial charge in [-0.1, -0.05) is 25.0 Å². The summed E-state index contributed by atoms with van der Waals surface area (Å²) in [5, 5.41) is 11.4. The van der Waals surface area contributed by atoms with Crippen molar-refractivity contribution in [2.24, 2.45) is 0 Å². The molecule has 7 nitrogen and oxygen atoms in total. The summed E-state index contributed by atoms with van der Waals surface area (Å²) in [5.41, 5.74) is 1.74. The minimum atomic E-state index is -3.33. The number of hydrogen-bond acceptors (Lipinski definition) is 5. The van der Waals surface area contributed by atoms with Crippen molar-refractivity contribution in [3.05, 3.63) is 48.2 Å². The third kappa shape index (κ3) is 3.63. The number of hydrogen-bond donors (Lipinski definition) is 1. The van der Waals surface area contributed by atoms with Gasteiger partial charge in [-0.05, 0) is 31.0 Å². The van der Waals surface area contributed by atoms with Crippen LogP contribution in [0.4, 0.5) is 0 Å². The Morgan fingerprint density at radius 1 is 1.22 bits per heavy atom. The molecule has 27 heavy (non-hydrogen) atoms. The van der Waals surface area contributed by atoms with Gasteiger partial charge in [-0.2, -0.15) is 0 Å². The van der Waals surface area contributed by atoms with Gasteiger partial charge in [0.05, 0.1) is 15.8 Å². The summed E-state index contributed by atoms with van der Waals surface area (Å²) >= 11 is 0. The first kappa shape index (κ1) is 17.8. The molecule has 140 valence electrons. The zero-order valence-corrected chi connectivity index (χ0v) is 15.7. The van der Waals surface area contributed by atoms with E-state index >= 15 is 0 Å². The Kier molecular flexibility index (Phi) is 4.53. The number of sulfone groups is 1. The number of nitrogens with one attached hydrogen (secondary N) is 1. The van der Waals surface area contributed by atoms with Crippen LogP contribution in [-0.4, -0.2) is 37.4 Å². The minimum absolute atomic E-state index is 0.117. The summed E-state index contributed by atoms with van der Waals surface area (Å²) in [7, 11) is -3.33. The lowest BCUT2D eigenvalue weighted by Gasteiger charge is -2.12. The van der Waals surface area contributed by atoms with Crippen molar-refractivity contribution in [1.29, 1.82) is 0 Å². The summed E-state index contributed by atoms with van der Waals surface area (Å²) in [5.74, 6) is 0.374. The number of carbonyl (C=O) groups is 1. The summed E-state index contributed by atoms with van der Waals surface area (Å²) in [6, 6.07) is 10.3. The van der Waals surface area contributed by atoms with E-state index in [0.717, 1.165) is 25.7 Å². The highest BCUT2D eigenvalue weighted by Crippen LogP contribution is 2.24. The Morgan fingerprint density at radius 2 is 2.00 bits per heavy atom. The van der Waals surface area contributed by atoms with Gasteiger partial charge in [-0.3, -0.25) is 9.20 Å². The van der Waals surface area contributed by atoms with Gasteiger partial charge in [0.15, 0.2) is 16.4 Å². The molecule has 0 spiro atoms. The predicted octanol–water partition coefficient (Wildman–Crippen LogP) is 2.69. The maximum atomic E-state index is 12.6. The van der Waals surface area contributed by atoms with Crippen LogP contribution in [0.1, 0.15) is 36.0 Å². The van der Waals surface area contributed by atoms with E-state index in [9.17, 15) is 13.6 Å². The van der Waals surface area contributed by atoms with Gasteiger partial charge in [0.1, 0.15) is 6.26 Å². The SMILES string of the molecule is C[S+](=O)([O-])c1cccc(-c2nnc3ccc(C(=O)NC4CCCC4)cn23)c1. The number of carbonyl (C=O) groups excluding carboxylic acids is 1. The zero-order chi connectivity index (χ0) is 19.0. The third-order valence-corrected chi connectivity index (χ3v) is 5.99. The number of benzene rings is 1. The molecule has 3 aromatic rings. The first-order valence-corrected chi connectivity index (χ1v) is 10.8. The Hall–Kier alpha value is -2.58. The molecule has 1 fully saturated rings. The summed E-state index contributed by atoms with van der Waals surface area (Å²) in [4.78, 5) is 12.8. The molecular formula is C19H20N4O3S. The molecule has 8 heteroatoms. The van der Waals surface area contributed by atoms with Crippen LogP contribution in [0.15, 0.2) is 47.5 Å². The number of rotatable bonds is 4. The van der Waals surface area contributed by atoms with Crippen molar-refractivity contribution in [1.82, 2.24) is 19.9 Å². The van der Waals surface area contributed by atoms with E-state index in [2.05, 4.69) is 15.5 Å². The summed E-state index contributed by atoms with van der Waals surface area (Å²) < 4.78 is 25.4. The fourth-order valence-corrected chi connectivity index (χ4v) is 4.09. The van der Waals surface area contributed by atoms with E-state index in [1.54, 1.807) is 47.0 Å². The average molecular weight is 384 g/mol. The lowest BCUT2D eigenvalue weighted by atomic mass is 10.2. The molecule has 1 N–H and O–H groups in total. The van der Waals surface area contributed by atoms with Crippen LogP contribution >= 0.6 is 0 Å². The Labute approximate surface area is 158 Å². The van der Waals surface area contributed by atoms with Crippen molar-refractivity contribution >= 4 is 21.8 Å². The second kappa shape index (κ2) is 6.86. The molecule has 1 amide bonds. The smallest absolute Gasteiger partial charge is 0.252 e. The van der Waals surface area contributed by atoms with Gasteiger partial charge < -0.3 is 9.87 Å². The van der Waals surface area contributed by atoms with Crippen LogP contribution in [0.3, 0.4) is 0 Å². The monoisotopic (exact) mass is 384 g/mol. The van der Waals surface area contributed by atoms with Gasteiger partial charge >= 0.3 is 0 Å². The molecule has 0 radical (unpaired) electrons. The lowest BCUT2D eigenvalue weighted by molar-refractivity contribution is 0.0937. The number of nitrogens with zero attached hydrogens (tertiary/aromatic N) is 3. The van der Waals surface area contributed by atoms with Crippen LogP contribution < -0.4 is 5.32 Å². The van der Waals surface area contributed by atoms with Crippen LogP contribution in [0.25, 0.3) is 17.0 Å². The maximum absolute atomic E-state index is 12.6. The molecule has 0 saturated heterocycles. The number of pyridine rings is 1. The summed E-state index contributed by atoms with van der Waals surface area (Å²) in [6.07, 6.45) is 7.20. The van der Waals surface area contributed by atoms with Crippen LogP contribution in [0.2, 0.25) is 0 Å². The third-order valence-electron chi connectivity index (χ3n) is 4.88. The molecule has 2 aromatic heterocycles. The van der Waals surface area contributed by atoms with Crippen LogP contribution in [0.5, 0.6) is 0 Å². The predicted molar refractivity (Wildman–Crippen MR) is 101 cm³/mol. The second-order valence-electron chi connectivity index (χ2n) is 6.92. The number of aromatic nitrogens is 3. The highest BCUT2D eigenvalue weighted by molar-refractivity contribution is 7.97. The van der Waals surface area contributed by atoms with Crippen molar-refractivity contribution in [2.75, 3.05) is 6.26 Å². The quantitative estimate of drug-likeness (QED) is 0.697. The van der Waals surface area contributed by atoms with Crippen molar-refractivity contribution < 1.29 is 13.6 Å². The molecule has 0 aliphatic heterocycles. The highest BCUT2D eigenvalue weighted by Gasteiger charge is 2.19. The molecule has 1 unspecified atom stereocenters. The normalized spacial score (nSPS) is 17.1. The van der Waals surface area contributed by atoms with E-state index in [1.165, 1.54) is 6.26 Å². The molecule has 2 heterocycles. The topological polar surface area (TPSA) is 99.4 Å². The van der Waals surface area contributed by atoms with Gasteiger partial charge in [-0.15, -0.1) is 14.4 Å². The first-order chi connectivity index (χ1) is 12.9. The number of fused-ring (bicyclic) bond motifs is 1. The Balaban J connectivity index is 1.70. The van der Waals surface area contributed by atoms with Crippen molar-refractivity contribution in [3.8, 4) is 11.4 Å². The molecular weight excluding hydrogens is 364 g/mol. The fourth-order valence-electron chi connectivity index (χ4n) is 3.43. The van der Waals surface area contributed by atoms with Gasteiger partial charge in [0.25, 0.3) is 5.91 Å². The number of amides is 1. The van der Waals surface area contributed by atoms with E-state index in [4.69, 9.17) is 0 Å². The second-order valence-corrected chi connectivity index (χ2v) is 8.94. The van der Waals surface area contributed by atoms with Gasteiger partial charge in [0, 0.05) is 23.9 Å². The standard InChI is InChI=1S/C19H20N4O3S/c1-27(25,26)16-8-4-5-13(11-16)18-22-21-17-10-9-14(12-23(17)18)19(24)20-15-6-2-3-7-15/h4-5,8-12,15H,2-3,6-7H2,1H3,(H-,20,24,25,26). The molecule has 1 saturated carbocycles. The van der Waals surface area contributed by atoms with Gasteiger partial charge in [0.2, 0.25) is 0 Å².